The highest BCUT2D eigenvalue weighted by molar-refractivity contribution is 5.75. The van der Waals surface area contributed by atoms with Crippen LogP contribution >= 0.6 is 0 Å². The molecule has 0 aromatic rings. The van der Waals surface area contributed by atoms with Gasteiger partial charge in [0, 0.05) is 20.8 Å². The van der Waals surface area contributed by atoms with Gasteiger partial charge in [-0.05, 0) is 0 Å². The van der Waals surface area contributed by atoms with Gasteiger partial charge in [-0.2, -0.15) is 0 Å². The number of amides is 3. The van der Waals surface area contributed by atoms with Crippen molar-refractivity contribution in [2.45, 2.75) is 205 Å². The molecular formula is C42H65N3O34. The molecule has 20 N–H and O–H groups in total. The van der Waals surface area contributed by atoms with E-state index in [1.807, 2.05) is 0 Å². The summed E-state index contributed by atoms with van der Waals surface area (Å²) in [5.41, 5.74) is 0. The molecule has 0 aromatic heterocycles. The fourth-order valence-corrected chi connectivity index (χ4v) is 9.64. The number of aliphatic hydroxyl groups excluding tert-OH is 14. The minimum Gasteiger partial charge on any atom is -0.479 e. The Morgan fingerprint density at radius 3 is 0.962 bits per heavy atom. The van der Waals surface area contributed by atoms with E-state index in [1.165, 1.54) is 0 Å². The maximum Gasteiger partial charge on any atom is 0.335 e. The molecule has 0 saturated carbocycles. The van der Waals surface area contributed by atoms with Crippen molar-refractivity contribution in [1.82, 2.24) is 16.0 Å². The molecule has 30 atom stereocenters. The Morgan fingerprint density at radius 2 is 0.633 bits per heavy atom. The fourth-order valence-electron chi connectivity index (χ4n) is 9.64. The summed E-state index contributed by atoms with van der Waals surface area (Å²) in [6.45, 7) is -0.408. The van der Waals surface area contributed by atoms with Crippen molar-refractivity contribution in [3.05, 3.63) is 0 Å². The van der Waals surface area contributed by atoms with E-state index in [2.05, 4.69) is 16.0 Å². The van der Waals surface area contributed by atoms with Gasteiger partial charge in [0.2, 0.25) is 17.7 Å². The van der Waals surface area contributed by atoms with Crippen LogP contribution < -0.4 is 16.0 Å². The third-order valence-corrected chi connectivity index (χ3v) is 13.5. The molecule has 1 unspecified atom stereocenters. The predicted octanol–water partition coefficient (Wildman–Crippen LogP) is -13.4. The summed E-state index contributed by atoms with van der Waals surface area (Å²) in [7, 11) is 0. The van der Waals surface area contributed by atoms with Gasteiger partial charge in [0.1, 0.15) is 128 Å². The van der Waals surface area contributed by atoms with Gasteiger partial charge in [-0.3, -0.25) is 14.4 Å². The Hall–Kier alpha value is -4.18. The van der Waals surface area contributed by atoms with Crippen LogP contribution in [0.1, 0.15) is 20.8 Å². The van der Waals surface area contributed by atoms with Crippen molar-refractivity contribution in [1.29, 1.82) is 0 Å². The number of nitrogens with one attached hydrogen (secondary N) is 3. The molecular weight excluding hydrogens is 1090 g/mol. The Bertz CT molecular complexity index is 2120. The van der Waals surface area contributed by atoms with Crippen molar-refractivity contribution in [3.63, 3.8) is 0 Å². The van der Waals surface area contributed by atoms with Crippen LogP contribution in [0.2, 0.25) is 0 Å². The molecule has 0 spiro atoms. The number of carboxylic acid groups (broad SMARTS) is 3. The number of ether oxygens (including phenoxy) is 11. The van der Waals surface area contributed by atoms with Crippen LogP contribution in [0.3, 0.4) is 0 Å². The predicted molar refractivity (Wildman–Crippen MR) is 236 cm³/mol. The summed E-state index contributed by atoms with van der Waals surface area (Å²) in [6, 6.07) is -5.60. The van der Waals surface area contributed by atoms with E-state index in [0.717, 1.165) is 20.8 Å². The Balaban J connectivity index is 1.25. The molecule has 6 aliphatic rings. The van der Waals surface area contributed by atoms with Crippen LogP contribution in [-0.4, -0.2) is 326 Å². The molecule has 0 aliphatic carbocycles. The van der Waals surface area contributed by atoms with Crippen LogP contribution in [0.5, 0.6) is 0 Å². The number of carbonyl (C=O) groups is 6. The normalized spacial score (nSPS) is 46.6. The zero-order chi connectivity index (χ0) is 58.8. The van der Waals surface area contributed by atoms with Crippen molar-refractivity contribution >= 4 is 35.6 Å². The number of hydrogen-bond donors (Lipinski definition) is 20. The number of aliphatic hydroxyl groups is 14. The monoisotopic (exact) mass is 1160 g/mol. The first-order chi connectivity index (χ1) is 37.1. The fraction of sp³-hybridized carbons (Fsp3) is 0.857. The Kier molecular flexibility index (Phi) is 21.7. The second-order valence-corrected chi connectivity index (χ2v) is 19.1. The molecule has 452 valence electrons. The lowest BCUT2D eigenvalue weighted by Crippen LogP contribution is -2.71. The van der Waals surface area contributed by atoms with Gasteiger partial charge in [-0.1, -0.05) is 0 Å². The molecule has 37 nitrogen and oxygen atoms in total. The average Bonchev–Trinajstić information content (AvgIpc) is 3.45. The lowest BCUT2D eigenvalue weighted by Gasteiger charge is -2.50. The third-order valence-electron chi connectivity index (χ3n) is 13.5. The summed E-state index contributed by atoms with van der Waals surface area (Å²) in [6.07, 6.45) is -59.2. The van der Waals surface area contributed by atoms with Crippen molar-refractivity contribution < 1.29 is 168 Å². The zero-order valence-corrected chi connectivity index (χ0v) is 41.5. The van der Waals surface area contributed by atoms with Crippen LogP contribution in [0.25, 0.3) is 0 Å². The SMILES string of the molecule is CC(=O)N[C@H]1[C@@H](O[C@@H]2[C@@H](O)[C@@H](O)[C@@H](O[C@@H]3[C@@H](O)[C@@H](CO)O[C@H](O[C@@H]4[C@@H](O)[C@@H](O)[C@@H](O[C@@H]5[C@@H](O)[C@@H](CO)OC(O)[C@@H]5NC(C)=O)O[C@@H]4C(=O)O)[C@@H]3NC(C)=O)O[C@@H]2C(=O)O)O[C@H](CO)[C@H](O)[C@H]1O[C@H]1O[C@H](C(=O)O)[C@H](O)[C@@H](O)[C@H]1O. The molecule has 6 fully saturated rings. The average molecular weight is 1160 g/mol. The first kappa shape index (κ1) is 64.0. The highest BCUT2D eigenvalue weighted by Crippen LogP contribution is 2.37. The van der Waals surface area contributed by atoms with E-state index in [-0.39, 0.29) is 0 Å². The maximum atomic E-state index is 12.9. The largest absolute Gasteiger partial charge is 0.479 e. The van der Waals surface area contributed by atoms with E-state index in [9.17, 15) is 116 Å². The molecule has 3 amide bonds. The van der Waals surface area contributed by atoms with Gasteiger partial charge in [0.25, 0.3) is 0 Å². The van der Waals surface area contributed by atoms with E-state index >= 15 is 0 Å². The molecule has 0 aromatic carbocycles. The summed E-state index contributed by atoms with van der Waals surface area (Å²) in [4.78, 5) is 74.7. The number of carboxylic acids is 3. The minimum atomic E-state index is -2.52. The van der Waals surface area contributed by atoms with Gasteiger partial charge >= 0.3 is 17.9 Å². The maximum absolute atomic E-state index is 12.9. The molecule has 6 heterocycles. The molecule has 6 saturated heterocycles. The molecule has 79 heavy (non-hydrogen) atoms. The van der Waals surface area contributed by atoms with Gasteiger partial charge < -0.3 is 155 Å². The Morgan fingerprint density at radius 1 is 0.342 bits per heavy atom. The minimum absolute atomic E-state index is 0.806. The summed E-state index contributed by atoms with van der Waals surface area (Å²) in [5, 5.41) is 188. The highest BCUT2D eigenvalue weighted by atomic mass is 16.8. The third kappa shape index (κ3) is 13.8. The number of carbonyl (C=O) groups excluding carboxylic acids is 3. The lowest BCUT2D eigenvalue weighted by atomic mass is 9.93. The van der Waals surface area contributed by atoms with Gasteiger partial charge in [-0.25, -0.2) is 14.4 Å². The molecule has 6 rings (SSSR count). The smallest absolute Gasteiger partial charge is 0.335 e. The van der Waals surface area contributed by atoms with Crippen molar-refractivity contribution in [3.8, 4) is 0 Å². The van der Waals surface area contributed by atoms with Crippen LogP contribution in [0.15, 0.2) is 0 Å². The topological polar surface area (TPSA) is 584 Å². The summed E-state index contributed by atoms with van der Waals surface area (Å²) >= 11 is 0. The van der Waals surface area contributed by atoms with E-state index < -0.39 is 239 Å². The molecule has 0 bridgehead atoms. The van der Waals surface area contributed by atoms with Crippen LogP contribution in [0.4, 0.5) is 0 Å². The standard InChI is InChI=1S/C42H65N3O34/c1-7(49)43-13-26(16(52)10(4-46)69-37(13)68)72-41-24(60)21(57)29(32(78-41)35(64)65)75-39-15(45-9(3)51)28(18(54)12(6-48)71-39)74-42-25(61)22(58)30(33(79-42)36(66)67)76-38-14(44-8(2)50)27(17(53)11(5-47)70-38)73-40-23(59)19(55)20(56)31(77-40)34(62)63/h10-33,37-42,46-48,52-61,68H,4-6H2,1-3H3,(H,43,49)(H,44,50)(H,45,51)(H,62,63)(H,64,65)(H,66,67)/t10-,11-,12-,13-,14-,15-,16+,17+,18+,19-,20-,21+,22+,23-,24-,25-,26+,27+,28+,29-,30-,31+,32+,33+,37?,38-,39-,40+,41+,42+/m1/s1. The number of rotatable bonds is 19. The number of aliphatic carboxylic acids is 3. The lowest BCUT2D eigenvalue weighted by molar-refractivity contribution is -0.377. The second-order valence-electron chi connectivity index (χ2n) is 19.1. The second kappa shape index (κ2) is 26.8. The van der Waals surface area contributed by atoms with E-state index in [0.29, 0.717) is 0 Å². The quantitative estimate of drug-likeness (QED) is 0.0571. The van der Waals surface area contributed by atoms with Gasteiger partial charge in [0.15, 0.2) is 56.1 Å². The zero-order valence-electron chi connectivity index (χ0n) is 41.5. The van der Waals surface area contributed by atoms with Crippen LogP contribution in [0, 0.1) is 0 Å². The highest BCUT2D eigenvalue weighted by Gasteiger charge is 2.60. The summed E-state index contributed by atoms with van der Waals surface area (Å²) < 4.78 is 61.2. The van der Waals surface area contributed by atoms with Gasteiger partial charge in [0.05, 0.1) is 19.8 Å². The van der Waals surface area contributed by atoms with Crippen LogP contribution in [-0.2, 0) is 80.9 Å². The first-order valence-corrected chi connectivity index (χ1v) is 24.1. The molecule has 37 heteroatoms. The number of hydrogen-bond acceptors (Lipinski definition) is 31. The molecule has 0 radical (unpaired) electrons. The molecule has 6 aliphatic heterocycles. The Labute approximate surface area is 443 Å². The van der Waals surface area contributed by atoms with Crippen molar-refractivity contribution in [2.24, 2.45) is 0 Å². The summed E-state index contributed by atoms with van der Waals surface area (Å²) in [5.74, 6) is -8.58. The van der Waals surface area contributed by atoms with E-state index in [4.69, 9.17) is 52.1 Å². The first-order valence-electron chi connectivity index (χ1n) is 24.1. The van der Waals surface area contributed by atoms with E-state index in [1.54, 1.807) is 0 Å². The van der Waals surface area contributed by atoms with Gasteiger partial charge in [-0.15, -0.1) is 0 Å². The van der Waals surface area contributed by atoms with Crippen molar-refractivity contribution in [2.75, 3.05) is 19.8 Å².